The standard InChI is InChI=1S/C11H22NO5PS/c1-6-15-18(14,16-7-2)9(12-8-19)10(13)17-11(3,4)5/h8-9H,6-7H2,1-5H3,(H,12,19). The van der Waals surface area contributed by atoms with Crippen LogP contribution in [0.2, 0.25) is 0 Å². The van der Waals surface area contributed by atoms with Crippen molar-refractivity contribution in [2.75, 3.05) is 13.2 Å². The second kappa shape index (κ2) is 7.94. The van der Waals surface area contributed by atoms with E-state index in [0.29, 0.717) is 0 Å². The zero-order valence-corrected chi connectivity index (χ0v) is 13.7. The van der Waals surface area contributed by atoms with E-state index in [4.69, 9.17) is 13.8 Å². The Labute approximate surface area is 119 Å². The molecule has 0 aliphatic carbocycles. The van der Waals surface area contributed by atoms with Crippen molar-refractivity contribution in [3.63, 3.8) is 0 Å². The summed E-state index contributed by atoms with van der Waals surface area (Å²) in [4.78, 5) is 12.1. The predicted octanol–water partition coefficient (Wildman–Crippen LogP) is 2.47. The molecule has 0 aromatic heterocycles. The number of hydrogen-bond acceptors (Lipinski definition) is 6. The molecular formula is C11H22NO5PS. The summed E-state index contributed by atoms with van der Waals surface area (Å²) in [5.74, 6) is -1.98. The number of carbonyl (C=O) groups excluding carboxylic acids is 1. The Kier molecular flexibility index (Phi) is 7.74. The van der Waals surface area contributed by atoms with Crippen molar-refractivity contribution < 1.29 is 23.1 Å². The number of esters is 1. The van der Waals surface area contributed by atoms with Crippen LogP contribution in [-0.2, 0) is 23.1 Å². The highest BCUT2D eigenvalue weighted by atomic mass is 32.1. The molecule has 0 bridgehead atoms. The van der Waals surface area contributed by atoms with E-state index in [0.717, 1.165) is 5.49 Å². The van der Waals surface area contributed by atoms with E-state index in [1.54, 1.807) is 34.6 Å². The molecule has 0 aliphatic heterocycles. The molecule has 1 N–H and O–H groups in total. The third-order valence-electron chi connectivity index (χ3n) is 1.79. The molecule has 0 spiro atoms. The first-order valence-electron chi connectivity index (χ1n) is 6.01. The Balaban J connectivity index is 5.19. The van der Waals surface area contributed by atoms with Crippen LogP contribution in [0, 0.1) is 0 Å². The first-order chi connectivity index (χ1) is 8.70. The van der Waals surface area contributed by atoms with Crippen molar-refractivity contribution in [2.45, 2.75) is 46.0 Å². The van der Waals surface area contributed by atoms with Gasteiger partial charge in [-0.25, -0.2) is 4.79 Å². The summed E-state index contributed by atoms with van der Waals surface area (Å²) in [6.07, 6.45) is 0. The summed E-state index contributed by atoms with van der Waals surface area (Å²) in [7, 11) is -3.67. The third kappa shape index (κ3) is 6.47. The molecule has 1 unspecified atom stereocenters. The average Bonchev–Trinajstić information content (AvgIpc) is 2.23. The Bertz CT molecular complexity index is 345. The molecule has 0 amide bonds. The van der Waals surface area contributed by atoms with E-state index in [2.05, 4.69) is 17.5 Å². The largest absolute Gasteiger partial charge is 0.458 e. The maximum Gasteiger partial charge on any atom is 0.364 e. The lowest BCUT2D eigenvalue weighted by atomic mass is 10.2. The maximum atomic E-state index is 12.6. The van der Waals surface area contributed by atoms with Crippen LogP contribution in [0.5, 0.6) is 0 Å². The van der Waals surface area contributed by atoms with Crippen LogP contribution in [0.3, 0.4) is 0 Å². The first kappa shape index (κ1) is 18.5. The van der Waals surface area contributed by atoms with Crippen molar-refractivity contribution in [3.05, 3.63) is 0 Å². The van der Waals surface area contributed by atoms with Crippen molar-refractivity contribution in [1.29, 1.82) is 0 Å². The molecule has 0 saturated carbocycles. The molecule has 0 saturated heterocycles. The van der Waals surface area contributed by atoms with Crippen molar-refractivity contribution in [2.24, 2.45) is 0 Å². The summed E-state index contributed by atoms with van der Waals surface area (Å²) < 4.78 is 28.0. The molecular weight excluding hydrogens is 289 g/mol. The number of nitrogens with one attached hydrogen (secondary N) is 1. The minimum absolute atomic E-state index is 0.148. The van der Waals surface area contributed by atoms with E-state index in [9.17, 15) is 9.36 Å². The van der Waals surface area contributed by atoms with Crippen molar-refractivity contribution in [1.82, 2.24) is 5.32 Å². The Hall–Kier alpha value is -0.490. The molecule has 1 atom stereocenters. The molecule has 0 radical (unpaired) electrons. The van der Waals surface area contributed by atoms with Gasteiger partial charge in [-0.15, -0.1) is 0 Å². The van der Waals surface area contributed by atoms with Crippen LogP contribution < -0.4 is 5.32 Å². The van der Waals surface area contributed by atoms with Gasteiger partial charge in [0.05, 0.1) is 18.7 Å². The highest BCUT2D eigenvalue weighted by Crippen LogP contribution is 2.52. The minimum Gasteiger partial charge on any atom is -0.458 e. The monoisotopic (exact) mass is 311 g/mol. The fraction of sp³-hybridized carbons (Fsp3) is 0.818. The molecule has 0 fully saturated rings. The van der Waals surface area contributed by atoms with Gasteiger partial charge in [0, 0.05) is 0 Å². The van der Waals surface area contributed by atoms with Gasteiger partial charge in [0.15, 0.2) is 0 Å². The highest BCUT2D eigenvalue weighted by molar-refractivity contribution is 7.78. The topological polar surface area (TPSA) is 73.9 Å². The molecule has 6 nitrogen and oxygen atoms in total. The van der Waals surface area contributed by atoms with Crippen LogP contribution in [0.4, 0.5) is 0 Å². The molecule has 8 heteroatoms. The zero-order valence-electron chi connectivity index (χ0n) is 12.0. The van der Waals surface area contributed by atoms with Gasteiger partial charge in [0.2, 0.25) is 5.78 Å². The summed E-state index contributed by atoms with van der Waals surface area (Å²) >= 11 is 4.65. The smallest absolute Gasteiger partial charge is 0.364 e. The number of carbonyl (C=O) groups is 1. The molecule has 112 valence electrons. The second-order valence-corrected chi connectivity index (χ2v) is 6.94. The van der Waals surface area contributed by atoms with E-state index in [1.165, 1.54) is 0 Å². The van der Waals surface area contributed by atoms with E-state index in [-0.39, 0.29) is 13.2 Å². The summed E-state index contributed by atoms with van der Waals surface area (Å²) in [6, 6.07) is 0. The zero-order chi connectivity index (χ0) is 15.1. The molecule has 0 aromatic rings. The number of thiocarbonyl (C=S) groups is 1. The predicted molar refractivity (Wildman–Crippen MR) is 77.3 cm³/mol. The number of rotatable bonds is 8. The fourth-order valence-corrected chi connectivity index (χ4v) is 3.15. The van der Waals surface area contributed by atoms with Gasteiger partial charge >= 0.3 is 13.6 Å². The molecule has 0 aromatic carbocycles. The van der Waals surface area contributed by atoms with Crippen LogP contribution in [-0.4, -0.2) is 36.1 Å². The van der Waals surface area contributed by atoms with E-state index in [1.807, 2.05) is 0 Å². The normalized spacial score (nSPS) is 13.7. The van der Waals surface area contributed by atoms with E-state index < -0.39 is 24.9 Å². The molecule has 19 heavy (non-hydrogen) atoms. The maximum absolute atomic E-state index is 12.6. The minimum atomic E-state index is -3.67. The van der Waals surface area contributed by atoms with Crippen molar-refractivity contribution >= 4 is 31.3 Å². The van der Waals surface area contributed by atoms with Crippen LogP contribution in [0.25, 0.3) is 0 Å². The lowest BCUT2D eigenvalue weighted by Crippen LogP contribution is -2.41. The fourth-order valence-electron chi connectivity index (χ4n) is 1.26. The summed E-state index contributed by atoms with van der Waals surface area (Å²) in [6.45, 7) is 8.76. The Morgan fingerprint density at radius 3 is 2.11 bits per heavy atom. The third-order valence-corrected chi connectivity index (χ3v) is 4.15. The molecule has 0 heterocycles. The first-order valence-corrected chi connectivity index (χ1v) is 8.09. The van der Waals surface area contributed by atoms with Crippen molar-refractivity contribution in [3.8, 4) is 0 Å². The van der Waals surface area contributed by atoms with Gasteiger partial charge in [-0.1, -0.05) is 12.2 Å². The van der Waals surface area contributed by atoms with Gasteiger partial charge in [-0.05, 0) is 34.6 Å². The Morgan fingerprint density at radius 1 is 1.32 bits per heavy atom. The van der Waals surface area contributed by atoms with Gasteiger partial charge in [0.25, 0.3) is 0 Å². The lowest BCUT2D eigenvalue weighted by molar-refractivity contribution is -0.155. The molecule has 0 rings (SSSR count). The summed E-state index contributed by atoms with van der Waals surface area (Å²) in [5, 5.41) is 2.52. The SMILES string of the molecule is CCOP(=O)(OCC)C(NC=S)C(=O)OC(C)(C)C. The molecule has 0 aliphatic rings. The average molecular weight is 311 g/mol. The lowest BCUT2D eigenvalue weighted by Gasteiger charge is -2.28. The van der Waals surface area contributed by atoms with Gasteiger partial charge < -0.3 is 19.1 Å². The van der Waals surface area contributed by atoms with Crippen LogP contribution >= 0.6 is 19.8 Å². The second-order valence-electron chi connectivity index (χ2n) is 4.60. The highest BCUT2D eigenvalue weighted by Gasteiger charge is 2.43. The quantitative estimate of drug-likeness (QED) is 0.419. The van der Waals surface area contributed by atoms with Gasteiger partial charge in [-0.2, -0.15) is 0 Å². The van der Waals surface area contributed by atoms with Crippen LogP contribution in [0.1, 0.15) is 34.6 Å². The number of ether oxygens (including phenoxy) is 1. The summed E-state index contributed by atoms with van der Waals surface area (Å²) in [5.41, 5.74) is 0.390. The van der Waals surface area contributed by atoms with Gasteiger partial charge in [0.1, 0.15) is 5.60 Å². The van der Waals surface area contributed by atoms with Gasteiger partial charge in [-0.3, -0.25) is 4.57 Å². The number of hydrogen-bond donors (Lipinski definition) is 1. The van der Waals surface area contributed by atoms with Crippen LogP contribution in [0.15, 0.2) is 0 Å². The Morgan fingerprint density at radius 2 is 1.79 bits per heavy atom. The van der Waals surface area contributed by atoms with E-state index >= 15 is 0 Å².